The van der Waals surface area contributed by atoms with Crippen molar-refractivity contribution in [1.29, 1.82) is 0 Å². The molecule has 2 aromatic carbocycles. The normalized spacial score (nSPS) is 20.3. The van der Waals surface area contributed by atoms with Gasteiger partial charge in [-0.15, -0.1) is 0 Å². The number of nitrogens with one attached hydrogen (secondary N) is 2. The van der Waals surface area contributed by atoms with E-state index in [-0.39, 0.29) is 6.04 Å². The van der Waals surface area contributed by atoms with Crippen molar-refractivity contribution < 1.29 is 9.90 Å². The number of aryl methyl sites for hydroxylation is 2. The summed E-state index contributed by atoms with van der Waals surface area (Å²) in [6.07, 6.45) is 1.57. The van der Waals surface area contributed by atoms with Gasteiger partial charge >= 0.3 is 5.97 Å². The number of carboxylic acids is 1. The van der Waals surface area contributed by atoms with Gasteiger partial charge in [0.15, 0.2) is 6.04 Å². The highest BCUT2D eigenvalue weighted by atomic mass is 32.1. The summed E-state index contributed by atoms with van der Waals surface area (Å²) in [7, 11) is 0. The average molecular weight is 440 g/mol. The minimum atomic E-state index is -0.709. The minimum Gasteiger partial charge on any atom is -0.477 e. The van der Waals surface area contributed by atoms with E-state index in [0.717, 1.165) is 55.0 Å². The van der Waals surface area contributed by atoms with Crippen LogP contribution in [0.1, 0.15) is 24.0 Å². The number of carboxylic acid groups (broad SMARTS) is 1. The van der Waals surface area contributed by atoms with Crippen LogP contribution in [0.25, 0.3) is 5.69 Å². The van der Waals surface area contributed by atoms with Crippen LogP contribution >= 0.6 is 12.2 Å². The lowest BCUT2D eigenvalue weighted by Crippen LogP contribution is -2.70. The van der Waals surface area contributed by atoms with Crippen LogP contribution in [-0.4, -0.2) is 57.0 Å². The number of hydrogen-bond donors (Lipinski definition) is 3. The van der Waals surface area contributed by atoms with Crippen LogP contribution < -0.4 is 9.80 Å². The van der Waals surface area contributed by atoms with Gasteiger partial charge in [0.05, 0.1) is 25.2 Å². The standard InChI is InChI=1S/C22H26N6O2S/c1-15-6-3-7-16(2)20(15)28(13-10-19(28)21(29)30)12-5-11-23-17-8-4-9-18(14-17)27-22(31)24-25-26-27/h3-4,6-9,14,19,23H,5,10-13H2,1-2H3,(H-,24,26,29,30,31)/p+1. The molecule has 162 valence electrons. The Labute approximate surface area is 186 Å². The van der Waals surface area contributed by atoms with E-state index in [2.05, 4.69) is 46.8 Å². The lowest BCUT2D eigenvalue weighted by Gasteiger charge is -2.51. The topological polar surface area (TPSA) is 95.8 Å². The molecule has 1 aliphatic rings. The summed E-state index contributed by atoms with van der Waals surface area (Å²) in [5.74, 6) is -0.709. The van der Waals surface area contributed by atoms with E-state index in [4.69, 9.17) is 12.2 Å². The first-order valence-corrected chi connectivity index (χ1v) is 10.8. The predicted octanol–water partition coefficient (Wildman–Crippen LogP) is 3.61. The zero-order valence-electron chi connectivity index (χ0n) is 17.7. The number of rotatable bonds is 8. The Morgan fingerprint density at radius 2 is 2.03 bits per heavy atom. The van der Waals surface area contributed by atoms with Crippen molar-refractivity contribution in [2.45, 2.75) is 32.7 Å². The highest BCUT2D eigenvalue weighted by molar-refractivity contribution is 7.71. The molecule has 3 N–H and O–H groups in total. The van der Waals surface area contributed by atoms with Crippen molar-refractivity contribution in [2.24, 2.45) is 0 Å². The molecule has 2 heterocycles. The van der Waals surface area contributed by atoms with Gasteiger partial charge in [0.25, 0.3) is 0 Å². The zero-order chi connectivity index (χ0) is 22.0. The van der Waals surface area contributed by atoms with E-state index in [1.165, 1.54) is 5.69 Å². The van der Waals surface area contributed by atoms with Gasteiger partial charge in [-0.25, -0.2) is 9.48 Å². The van der Waals surface area contributed by atoms with Crippen LogP contribution in [0.3, 0.4) is 0 Å². The second-order valence-corrected chi connectivity index (χ2v) is 8.48. The maximum absolute atomic E-state index is 12.0. The predicted molar refractivity (Wildman–Crippen MR) is 123 cm³/mol. The molecule has 31 heavy (non-hydrogen) atoms. The highest BCUT2D eigenvalue weighted by Gasteiger charge is 2.53. The summed E-state index contributed by atoms with van der Waals surface area (Å²) in [5.41, 5.74) is 5.32. The number of para-hydroxylation sites is 1. The number of aliphatic carboxylic acids is 1. The number of carbonyl (C=O) groups is 1. The highest BCUT2D eigenvalue weighted by Crippen LogP contribution is 2.41. The molecule has 1 saturated heterocycles. The largest absolute Gasteiger partial charge is 0.477 e. The van der Waals surface area contributed by atoms with Crippen molar-refractivity contribution in [3.8, 4) is 5.69 Å². The fraction of sp³-hybridized carbons (Fsp3) is 0.364. The van der Waals surface area contributed by atoms with E-state index in [0.29, 0.717) is 9.25 Å². The van der Waals surface area contributed by atoms with E-state index < -0.39 is 5.97 Å². The fourth-order valence-electron chi connectivity index (χ4n) is 4.77. The van der Waals surface area contributed by atoms with Gasteiger partial charge in [0.2, 0.25) is 4.77 Å². The van der Waals surface area contributed by atoms with Crippen LogP contribution in [0.5, 0.6) is 0 Å². The number of aromatic amines is 1. The Hall–Kier alpha value is -3.04. The van der Waals surface area contributed by atoms with Gasteiger partial charge < -0.3 is 10.4 Å². The van der Waals surface area contributed by atoms with Gasteiger partial charge in [0, 0.05) is 29.8 Å². The molecule has 0 bridgehead atoms. The van der Waals surface area contributed by atoms with E-state index >= 15 is 0 Å². The van der Waals surface area contributed by atoms with Crippen LogP contribution in [0.15, 0.2) is 42.5 Å². The molecule has 3 aromatic rings. The molecular weight excluding hydrogens is 412 g/mol. The smallest absolute Gasteiger partial charge is 0.363 e. The lowest BCUT2D eigenvalue weighted by molar-refractivity contribution is -0.147. The SMILES string of the molecule is Cc1cccc(C)c1[N+]1(CCCNc2cccc(-n3[nH]nnc3=S)c2)CCC1C(=O)O. The maximum atomic E-state index is 12.0. The number of hydrogen-bond acceptors (Lipinski definition) is 5. The van der Waals surface area contributed by atoms with Gasteiger partial charge in [0.1, 0.15) is 5.69 Å². The number of benzene rings is 2. The third-order valence-corrected chi connectivity index (χ3v) is 6.47. The molecule has 0 amide bonds. The summed E-state index contributed by atoms with van der Waals surface area (Å²) in [5, 5.41) is 23.6. The number of anilines is 1. The fourth-order valence-corrected chi connectivity index (χ4v) is 4.96. The van der Waals surface area contributed by atoms with E-state index in [9.17, 15) is 9.90 Å². The van der Waals surface area contributed by atoms with Crippen molar-refractivity contribution in [1.82, 2.24) is 24.7 Å². The Morgan fingerprint density at radius 1 is 1.29 bits per heavy atom. The number of likely N-dealkylation sites (tertiary alicyclic amines) is 1. The zero-order valence-corrected chi connectivity index (χ0v) is 18.5. The number of H-pyrrole nitrogens is 1. The molecule has 1 aliphatic heterocycles. The molecule has 0 radical (unpaired) electrons. The molecule has 2 atom stereocenters. The van der Waals surface area contributed by atoms with Crippen LogP contribution in [0.2, 0.25) is 0 Å². The van der Waals surface area contributed by atoms with E-state index in [1.807, 2.05) is 30.3 Å². The molecule has 8 nitrogen and oxygen atoms in total. The Morgan fingerprint density at radius 3 is 2.65 bits per heavy atom. The van der Waals surface area contributed by atoms with Crippen molar-refractivity contribution in [3.63, 3.8) is 0 Å². The summed E-state index contributed by atoms with van der Waals surface area (Å²) in [6, 6.07) is 13.7. The molecule has 2 unspecified atom stereocenters. The first kappa shape index (κ1) is 21.2. The van der Waals surface area contributed by atoms with Gasteiger partial charge in [-0.05, 0) is 44.3 Å². The summed E-state index contributed by atoms with van der Waals surface area (Å²) < 4.78 is 2.54. The molecule has 9 heteroatoms. The number of nitrogens with zero attached hydrogens (tertiary/aromatic N) is 4. The van der Waals surface area contributed by atoms with Crippen LogP contribution in [0, 0.1) is 18.6 Å². The molecular formula is C22H27N6O2S+. The summed E-state index contributed by atoms with van der Waals surface area (Å²) in [6.45, 7) is 6.55. The third kappa shape index (κ3) is 3.98. The van der Waals surface area contributed by atoms with Crippen molar-refractivity contribution >= 4 is 29.6 Å². The van der Waals surface area contributed by atoms with Gasteiger partial charge in [-0.1, -0.05) is 34.6 Å². The minimum absolute atomic E-state index is 0.370. The third-order valence-electron chi connectivity index (χ3n) is 6.21. The molecule has 0 spiro atoms. The van der Waals surface area contributed by atoms with Crippen LogP contribution in [0.4, 0.5) is 11.4 Å². The Balaban J connectivity index is 1.47. The molecule has 0 saturated carbocycles. The van der Waals surface area contributed by atoms with Crippen LogP contribution in [-0.2, 0) is 4.79 Å². The quantitative estimate of drug-likeness (QED) is 0.282. The first-order valence-electron chi connectivity index (χ1n) is 10.4. The molecule has 1 aromatic heterocycles. The second kappa shape index (κ2) is 8.60. The Bertz CT molecular complexity index is 1140. The van der Waals surface area contributed by atoms with Crippen molar-refractivity contribution in [3.05, 3.63) is 58.4 Å². The molecule has 4 rings (SSSR count). The summed E-state index contributed by atoms with van der Waals surface area (Å²) >= 11 is 5.16. The molecule has 0 aliphatic carbocycles. The van der Waals surface area contributed by atoms with Gasteiger partial charge in [-0.2, -0.15) is 5.21 Å². The first-order chi connectivity index (χ1) is 14.9. The lowest BCUT2D eigenvalue weighted by atomic mass is 9.91. The maximum Gasteiger partial charge on any atom is 0.363 e. The number of aromatic nitrogens is 4. The monoisotopic (exact) mass is 439 g/mol. The second-order valence-electron chi connectivity index (χ2n) is 8.11. The average Bonchev–Trinajstić information content (AvgIpc) is 3.14. The van der Waals surface area contributed by atoms with E-state index in [1.54, 1.807) is 4.68 Å². The summed E-state index contributed by atoms with van der Waals surface area (Å²) in [4.78, 5) is 12.0. The number of quaternary nitrogens is 1. The number of tetrazole rings is 1. The van der Waals surface area contributed by atoms with Crippen molar-refractivity contribution in [2.75, 3.05) is 25.0 Å². The van der Waals surface area contributed by atoms with Gasteiger partial charge in [-0.3, -0.25) is 4.48 Å². The Kier molecular flexibility index (Phi) is 5.88. The molecule has 1 fully saturated rings.